The predicted molar refractivity (Wildman–Crippen MR) is 26.1 cm³/mol. The zero-order valence-electron chi connectivity index (χ0n) is 4.92. The molecular formula is H4O8Si2Sn. The van der Waals surface area contributed by atoms with E-state index in [1.54, 1.807) is 0 Å². The van der Waals surface area contributed by atoms with E-state index in [4.69, 9.17) is 38.4 Å². The van der Waals surface area contributed by atoms with Crippen LogP contribution in [0.25, 0.3) is 0 Å². The van der Waals surface area contributed by atoms with Gasteiger partial charge in [-0.2, -0.15) is 0 Å². The molecule has 0 aliphatic rings. The van der Waals surface area contributed by atoms with Gasteiger partial charge in [0.25, 0.3) is 0 Å². The second-order valence-electron chi connectivity index (χ2n) is 1.10. The van der Waals surface area contributed by atoms with Gasteiger partial charge < -0.3 is 47.4 Å². The van der Waals surface area contributed by atoms with Crippen molar-refractivity contribution in [3.63, 3.8) is 0 Å². The van der Waals surface area contributed by atoms with Crippen LogP contribution in [0.3, 0.4) is 0 Å². The van der Waals surface area contributed by atoms with Gasteiger partial charge in [0, 0.05) is 0 Å². The van der Waals surface area contributed by atoms with E-state index in [1.807, 2.05) is 0 Å². The molecule has 0 aromatic carbocycles. The zero-order chi connectivity index (χ0) is 9.00. The molecule has 0 saturated heterocycles. The Kier molecular flexibility index (Phi) is 10.4. The van der Waals surface area contributed by atoms with Crippen LogP contribution in [0, 0.1) is 0 Å². The average molecular weight is 307 g/mol. The van der Waals surface area contributed by atoms with Crippen molar-refractivity contribution < 1.29 is 38.4 Å². The van der Waals surface area contributed by atoms with Crippen LogP contribution in [-0.2, 0) is 0 Å². The monoisotopic (exact) mass is 308 g/mol. The Morgan fingerprint density at radius 2 is 0.727 bits per heavy atom. The first-order valence-electron chi connectivity index (χ1n) is 1.71. The maximum atomic E-state index is 8.58. The first kappa shape index (κ1) is 17.9. The van der Waals surface area contributed by atoms with Crippen LogP contribution in [0.1, 0.15) is 0 Å². The van der Waals surface area contributed by atoms with Gasteiger partial charge in [-0.15, -0.1) is 0 Å². The second kappa shape index (κ2) is 6.43. The Labute approximate surface area is 80.6 Å². The fraction of sp³-hybridized carbons (Fsp3) is 0. The normalized spacial score (nSPS) is 10.9. The van der Waals surface area contributed by atoms with Crippen molar-refractivity contribution in [1.29, 1.82) is 0 Å². The quantitative estimate of drug-likeness (QED) is 0.319. The van der Waals surface area contributed by atoms with E-state index < -0.39 is 18.1 Å². The van der Waals surface area contributed by atoms with Gasteiger partial charge in [-0.25, -0.2) is 0 Å². The van der Waals surface area contributed by atoms with E-state index in [9.17, 15) is 0 Å². The predicted octanol–water partition coefficient (Wildman–Crippen LogP) is -8.13. The summed E-state index contributed by atoms with van der Waals surface area (Å²) >= 11 is 0. The van der Waals surface area contributed by atoms with Crippen LogP contribution < -0.4 is 19.2 Å². The van der Waals surface area contributed by atoms with Gasteiger partial charge >= 0.3 is 33.0 Å². The summed E-state index contributed by atoms with van der Waals surface area (Å²) in [6.07, 6.45) is 0. The minimum absolute atomic E-state index is 0. The number of hydrogen-bond donors (Lipinski definition) is 4. The molecule has 4 N–H and O–H groups in total. The summed E-state index contributed by atoms with van der Waals surface area (Å²) in [5.74, 6) is 0. The summed E-state index contributed by atoms with van der Waals surface area (Å²) in [6.45, 7) is 0. The Morgan fingerprint density at radius 3 is 0.727 bits per heavy atom. The van der Waals surface area contributed by atoms with Crippen LogP contribution in [0.5, 0.6) is 0 Å². The van der Waals surface area contributed by atoms with E-state index in [-0.39, 0.29) is 23.9 Å². The van der Waals surface area contributed by atoms with Crippen molar-refractivity contribution in [2.75, 3.05) is 0 Å². The Bertz CT molecular complexity index is 55.1. The molecule has 0 unspecified atom stereocenters. The van der Waals surface area contributed by atoms with Crippen molar-refractivity contribution in [3.8, 4) is 0 Å². The van der Waals surface area contributed by atoms with E-state index in [0.29, 0.717) is 0 Å². The fourth-order valence-electron chi connectivity index (χ4n) is 0. The second-order valence-corrected chi connectivity index (χ2v) is 3.30. The molecule has 0 bridgehead atoms. The summed E-state index contributed by atoms with van der Waals surface area (Å²) in [7, 11) is -10.2. The van der Waals surface area contributed by atoms with E-state index in [2.05, 4.69) is 0 Å². The number of rotatable bonds is 0. The van der Waals surface area contributed by atoms with Gasteiger partial charge in [0.2, 0.25) is 0 Å². The van der Waals surface area contributed by atoms with Gasteiger partial charge in [0.05, 0.1) is 0 Å². The standard InChI is InChI=1S/H4O4Si.O4Si.Sn/c2*1-5(2,3)4;/h1-4H;;/q;-4;+4. The molecule has 0 aromatic heterocycles. The maximum Gasteiger partial charge on any atom is 4.00 e. The van der Waals surface area contributed by atoms with E-state index >= 15 is 0 Å². The molecule has 0 heterocycles. The molecule has 8 nitrogen and oxygen atoms in total. The third kappa shape index (κ3) is 1040. The molecule has 64 valence electrons. The molecule has 11 heavy (non-hydrogen) atoms. The summed E-state index contributed by atoms with van der Waals surface area (Å²) in [4.78, 5) is 63.6. The van der Waals surface area contributed by atoms with E-state index in [1.165, 1.54) is 0 Å². The molecule has 0 aromatic rings. The van der Waals surface area contributed by atoms with Crippen molar-refractivity contribution in [1.82, 2.24) is 0 Å². The third-order valence-corrected chi connectivity index (χ3v) is 0. The van der Waals surface area contributed by atoms with Gasteiger partial charge in [-0.1, -0.05) is 0 Å². The van der Waals surface area contributed by atoms with Crippen LogP contribution in [0.4, 0.5) is 0 Å². The molecule has 0 radical (unpaired) electrons. The SMILES string of the molecule is O[Si](O)(O)O.[O-][Si]([O-])([O-])[O-].[Sn+4]. The van der Waals surface area contributed by atoms with Crippen molar-refractivity contribution in [2.24, 2.45) is 0 Å². The van der Waals surface area contributed by atoms with Crippen LogP contribution in [0.15, 0.2) is 0 Å². The average Bonchev–Trinajstić information content (AvgIpc) is 1.12. The third-order valence-electron chi connectivity index (χ3n) is 0. The van der Waals surface area contributed by atoms with Crippen molar-refractivity contribution in [2.45, 2.75) is 0 Å². The number of hydrogen-bond acceptors (Lipinski definition) is 8. The molecule has 0 saturated carbocycles. The topological polar surface area (TPSA) is 173 Å². The van der Waals surface area contributed by atoms with Crippen molar-refractivity contribution >= 4 is 42.0 Å². The molecular weight excluding hydrogens is 303 g/mol. The van der Waals surface area contributed by atoms with Crippen LogP contribution >= 0.6 is 0 Å². The smallest absolute Gasteiger partial charge is 0.894 e. The van der Waals surface area contributed by atoms with Crippen LogP contribution in [-0.4, -0.2) is 61.2 Å². The molecule has 0 rings (SSSR count). The van der Waals surface area contributed by atoms with Crippen molar-refractivity contribution in [3.05, 3.63) is 0 Å². The minimum atomic E-state index is -5.61. The Morgan fingerprint density at radius 1 is 0.727 bits per heavy atom. The van der Waals surface area contributed by atoms with Gasteiger partial charge in [0.15, 0.2) is 0 Å². The Hall–Kier alpha value is 0.912. The molecule has 0 spiro atoms. The molecule has 0 fully saturated rings. The summed E-state index contributed by atoms with van der Waals surface area (Å²) in [6, 6.07) is 0. The van der Waals surface area contributed by atoms with E-state index in [0.717, 1.165) is 0 Å². The minimum Gasteiger partial charge on any atom is -0.894 e. The fourth-order valence-corrected chi connectivity index (χ4v) is 0. The molecule has 0 aliphatic carbocycles. The molecule has 11 heteroatoms. The molecule has 0 aliphatic heterocycles. The molecule has 0 atom stereocenters. The summed E-state index contributed by atoms with van der Waals surface area (Å²) in [5.41, 5.74) is 0. The van der Waals surface area contributed by atoms with Gasteiger partial charge in [-0.05, 0) is 0 Å². The Balaban J connectivity index is -0.000000107. The van der Waals surface area contributed by atoms with Crippen LogP contribution in [0.2, 0.25) is 0 Å². The maximum absolute atomic E-state index is 8.58. The molecule has 0 amide bonds. The van der Waals surface area contributed by atoms with Gasteiger partial charge in [0.1, 0.15) is 0 Å². The first-order chi connectivity index (χ1) is 4.00. The van der Waals surface area contributed by atoms with Gasteiger partial charge in [-0.3, -0.25) is 0 Å². The first-order valence-corrected chi connectivity index (χ1v) is 5.13. The summed E-state index contributed by atoms with van der Waals surface area (Å²) in [5, 5.41) is 0. The largest absolute Gasteiger partial charge is 4.00 e. The summed E-state index contributed by atoms with van der Waals surface area (Å²) < 4.78 is 0. The zero-order valence-corrected chi connectivity index (χ0v) is 9.78.